The van der Waals surface area contributed by atoms with Crippen molar-refractivity contribution >= 4 is 21.5 Å². The molecular weight excluding hydrogens is 206 g/mol. The Morgan fingerprint density at radius 2 is 2.00 bits per heavy atom. The van der Waals surface area contributed by atoms with E-state index in [0.717, 1.165) is 12.3 Å². The van der Waals surface area contributed by atoms with Gasteiger partial charge in [-0.1, -0.05) is 0 Å². The van der Waals surface area contributed by atoms with Crippen molar-refractivity contribution in [3.8, 4) is 0 Å². The van der Waals surface area contributed by atoms with E-state index in [0.29, 0.717) is 0 Å². The second-order valence-corrected chi connectivity index (χ2v) is 4.81. The number of nitrogens with two attached hydrogens (primary N) is 1. The van der Waals surface area contributed by atoms with Gasteiger partial charge in [0.1, 0.15) is 0 Å². The van der Waals surface area contributed by atoms with Crippen LogP contribution < -0.4 is 5.73 Å². The molecule has 0 saturated carbocycles. The smallest absolute Gasteiger partial charge is 0.335 e. The Morgan fingerprint density at radius 3 is 2.43 bits per heavy atom. The first-order valence-corrected chi connectivity index (χ1v) is 5.54. The van der Waals surface area contributed by atoms with Crippen molar-refractivity contribution in [3.05, 3.63) is 23.8 Å². The van der Waals surface area contributed by atoms with Gasteiger partial charge in [0.15, 0.2) is 9.84 Å². The van der Waals surface area contributed by atoms with Crippen LogP contribution in [0.25, 0.3) is 0 Å². The number of hydrogen-bond acceptors (Lipinski definition) is 4. The molecule has 6 heteroatoms. The highest BCUT2D eigenvalue weighted by Crippen LogP contribution is 2.19. The molecule has 0 aliphatic rings. The Bertz CT molecular complexity index is 478. The summed E-state index contributed by atoms with van der Waals surface area (Å²) in [5.41, 5.74) is 5.36. The molecule has 1 aromatic carbocycles. The van der Waals surface area contributed by atoms with Crippen LogP contribution in [-0.4, -0.2) is 25.7 Å². The van der Waals surface area contributed by atoms with Crippen molar-refractivity contribution in [2.45, 2.75) is 4.90 Å². The first kappa shape index (κ1) is 10.5. The maximum Gasteiger partial charge on any atom is 0.335 e. The monoisotopic (exact) mass is 215 g/mol. The van der Waals surface area contributed by atoms with E-state index in [1.165, 1.54) is 12.1 Å². The van der Waals surface area contributed by atoms with E-state index in [1.54, 1.807) is 0 Å². The summed E-state index contributed by atoms with van der Waals surface area (Å²) in [6.07, 6.45) is 0.977. The standard InChI is InChI=1S/C8H9NO4S/c1-14(12,13)7-4-5(8(10)11)2-3-6(7)9/h2-4H,9H2,1H3,(H,10,11). The van der Waals surface area contributed by atoms with Crippen molar-refractivity contribution in [1.82, 2.24) is 0 Å². The minimum atomic E-state index is -3.48. The van der Waals surface area contributed by atoms with Crippen LogP contribution >= 0.6 is 0 Å². The van der Waals surface area contributed by atoms with Crippen molar-refractivity contribution in [2.75, 3.05) is 12.0 Å². The molecule has 0 aliphatic heterocycles. The molecule has 0 bridgehead atoms. The molecule has 0 unspecified atom stereocenters. The summed E-state index contributed by atoms with van der Waals surface area (Å²) in [7, 11) is -3.48. The highest BCUT2D eigenvalue weighted by molar-refractivity contribution is 7.90. The largest absolute Gasteiger partial charge is 0.478 e. The molecule has 0 amide bonds. The summed E-state index contributed by atoms with van der Waals surface area (Å²) in [5.74, 6) is -1.19. The van der Waals surface area contributed by atoms with Gasteiger partial charge in [0.05, 0.1) is 16.1 Å². The lowest BCUT2D eigenvalue weighted by atomic mass is 10.2. The fraction of sp³-hybridized carbons (Fsp3) is 0.125. The van der Waals surface area contributed by atoms with Crippen LogP contribution in [0.3, 0.4) is 0 Å². The maximum absolute atomic E-state index is 11.2. The number of sulfone groups is 1. The normalized spacial score (nSPS) is 11.2. The number of hydrogen-bond donors (Lipinski definition) is 2. The van der Waals surface area contributed by atoms with Crippen molar-refractivity contribution in [1.29, 1.82) is 0 Å². The van der Waals surface area contributed by atoms with Gasteiger partial charge in [0, 0.05) is 6.26 Å². The van der Waals surface area contributed by atoms with Crippen LogP contribution in [-0.2, 0) is 9.84 Å². The van der Waals surface area contributed by atoms with Gasteiger partial charge in [0.25, 0.3) is 0 Å². The first-order chi connectivity index (χ1) is 6.32. The zero-order chi connectivity index (χ0) is 10.9. The van der Waals surface area contributed by atoms with Gasteiger partial charge in [0.2, 0.25) is 0 Å². The number of nitrogen functional groups attached to an aromatic ring is 1. The summed E-state index contributed by atoms with van der Waals surface area (Å²) < 4.78 is 22.3. The van der Waals surface area contributed by atoms with Crippen molar-refractivity contribution in [2.24, 2.45) is 0 Å². The van der Waals surface area contributed by atoms with Crippen LogP contribution in [0.1, 0.15) is 10.4 Å². The number of carboxylic acid groups (broad SMARTS) is 1. The van der Waals surface area contributed by atoms with Gasteiger partial charge < -0.3 is 10.8 Å². The lowest BCUT2D eigenvalue weighted by molar-refractivity contribution is 0.0696. The van der Waals surface area contributed by atoms with E-state index in [-0.39, 0.29) is 16.1 Å². The molecule has 3 N–H and O–H groups in total. The molecule has 0 aromatic heterocycles. The molecule has 76 valence electrons. The van der Waals surface area contributed by atoms with Crippen LogP contribution in [0.5, 0.6) is 0 Å². The molecule has 1 rings (SSSR count). The fourth-order valence-corrected chi connectivity index (χ4v) is 1.83. The highest BCUT2D eigenvalue weighted by atomic mass is 32.2. The number of carboxylic acids is 1. The quantitative estimate of drug-likeness (QED) is 0.694. The Hall–Kier alpha value is -1.56. The number of carbonyl (C=O) groups is 1. The Morgan fingerprint density at radius 1 is 1.43 bits per heavy atom. The molecule has 0 radical (unpaired) electrons. The average Bonchev–Trinajstić information content (AvgIpc) is 2.02. The van der Waals surface area contributed by atoms with E-state index >= 15 is 0 Å². The summed E-state index contributed by atoms with van der Waals surface area (Å²) in [4.78, 5) is 10.4. The zero-order valence-corrected chi connectivity index (χ0v) is 8.21. The summed E-state index contributed by atoms with van der Waals surface area (Å²) in [6, 6.07) is 3.57. The average molecular weight is 215 g/mol. The Balaban J connectivity index is 3.44. The third kappa shape index (κ3) is 2.02. The second-order valence-electron chi connectivity index (χ2n) is 2.83. The molecule has 14 heavy (non-hydrogen) atoms. The summed E-state index contributed by atoms with van der Waals surface area (Å²) >= 11 is 0. The molecule has 0 heterocycles. The van der Waals surface area contributed by atoms with Gasteiger partial charge in [-0.15, -0.1) is 0 Å². The fourth-order valence-electron chi connectivity index (χ4n) is 0.989. The molecule has 0 saturated heterocycles. The lowest BCUT2D eigenvalue weighted by Gasteiger charge is -2.03. The van der Waals surface area contributed by atoms with Crippen LogP contribution in [0, 0.1) is 0 Å². The molecule has 0 spiro atoms. The molecule has 1 aromatic rings. The van der Waals surface area contributed by atoms with Gasteiger partial charge >= 0.3 is 5.97 Å². The minimum Gasteiger partial charge on any atom is -0.478 e. The van der Waals surface area contributed by atoms with Gasteiger partial charge in [-0.2, -0.15) is 0 Å². The second kappa shape index (κ2) is 3.30. The summed E-state index contributed by atoms with van der Waals surface area (Å²) in [6.45, 7) is 0. The first-order valence-electron chi connectivity index (χ1n) is 3.65. The lowest BCUT2D eigenvalue weighted by Crippen LogP contribution is -2.05. The van der Waals surface area contributed by atoms with Crippen molar-refractivity contribution < 1.29 is 18.3 Å². The topological polar surface area (TPSA) is 97.5 Å². The van der Waals surface area contributed by atoms with Crippen LogP contribution in [0.15, 0.2) is 23.1 Å². The molecular formula is C8H9NO4S. The molecule has 5 nitrogen and oxygen atoms in total. The SMILES string of the molecule is CS(=O)(=O)c1cc(C(=O)O)ccc1N. The van der Waals surface area contributed by atoms with E-state index in [4.69, 9.17) is 10.8 Å². The Labute approximate surface area is 81.1 Å². The molecule has 0 fully saturated rings. The third-order valence-corrected chi connectivity index (χ3v) is 2.81. The number of anilines is 1. The van der Waals surface area contributed by atoms with E-state index in [9.17, 15) is 13.2 Å². The summed E-state index contributed by atoms with van der Waals surface area (Å²) in [5, 5.41) is 8.63. The van der Waals surface area contributed by atoms with Gasteiger partial charge in [-0.05, 0) is 18.2 Å². The number of aromatic carboxylic acids is 1. The van der Waals surface area contributed by atoms with Crippen LogP contribution in [0.2, 0.25) is 0 Å². The highest BCUT2D eigenvalue weighted by Gasteiger charge is 2.14. The Kier molecular flexibility index (Phi) is 2.48. The molecule has 0 atom stereocenters. The third-order valence-electron chi connectivity index (χ3n) is 1.66. The zero-order valence-electron chi connectivity index (χ0n) is 7.39. The van der Waals surface area contributed by atoms with E-state index in [1.807, 2.05) is 0 Å². The maximum atomic E-state index is 11.2. The number of rotatable bonds is 2. The van der Waals surface area contributed by atoms with Crippen LogP contribution in [0.4, 0.5) is 5.69 Å². The van der Waals surface area contributed by atoms with Gasteiger partial charge in [-0.3, -0.25) is 0 Å². The van der Waals surface area contributed by atoms with Gasteiger partial charge in [-0.25, -0.2) is 13.2 Å². The van der Waals surface area contributed by atoms with E-state index < -0.39 is 15.8 Å². The van der Waals surface area contributed by atoms with E-state index in [2.05, 4.69) is 0 Å². The van der Waals surface area contributed by atoms with Crippen molar-refractivity contribution in [3.63, 3.8) is 0 Å². The predicted octanol–water partition coefficient (Wildman–Crippen LogP) is 0.371. The molecule has 0 aliphatic carbocycles. The number of benzene rings is 1. The minimum absolute atomic E-state index is 0.0532. The predicted molar refractivity (Wildman–Crippen MR) is 50.9 cm³/mol.